The van der Waals surface area contributed by atoms with Crippen molar-refractivity contribution in [1.29, 1.82) is 0 Å². The number of aliphatic imine (C=N–C) groups is 1. The van der Waals surface area contributed by atoms with Crippen LogP contribution in [0, 0.1) is 0 Å². The molecule has 0 aromatic heterocycles. The van der Waals surface area contributed by atoms with Crippen LogP contribution in [-0.4, -0.2) is 62.8 Å². The number of halogens is 1. The van der Waals surface area contributed by atoms with Crippen molar-refractivity contribution in [2.45, 2.75) is 57.5 Å². The van der Waals surface area contributed by atoms with Crippen molar-refractivity contribution in [1.82, 2.24) is 15.5 Å². The third kappa shape index (κ3) is 6.58. The van der Waals surface area contributed by atoms with Crippen LogP contribution in [0.25, 0.3) is 0 Å². The highest BCUT2D eigenvalue weighted by atomic mass is 127. The highest BCUT2D eigenvalue weighted by Gasteiger charge is 2.30. The molecule has 2 N–H and O–H groups in total. The third-order valence-electron chi connectivity index (χ3n) is 4.52. The summed E-state index contributed by atoms with van der Waals surface area (Å²) in [5.41, 5.74) is 0. The van der Waals surface area contributed by atoms with E-state index in [9.17, 15) is 0 Å². The Balaban J connectivity index is 0.00000242. The predicted molar refractivity (Wildman–Crippen MR) is 103 cm³/mol. The molecule has 2 fully saturated rings. The van der Waals surface area contributed by atoms with Gasteiger partial charge in [-0.2, -0.15) is 0 Å². The molecule has 0 spiro atoms. The van der Waals surface area contributed by atoms with E-state index in [1.54, 1.807) is 7.11 Å². The lowest BCUT2D eigenvalue weighted by Gasteiger charge is -2.24. The van der Waals surface area contributed by atoms with Gasteiger partial charge in [-0.25, -0.2) is 0 Å². The molecular formula is C16H33IN4O. The number of nitrogens with zero attached hydrogens (tertiary/aromatic N) is 2. The predicted octanol–water partition coefficient (Wildman–Crippen LogP) is 2.21. The van der Waals surface area contributed by atoms with Crippen molar-refractivity contribution >= 4 is 29.9 Å². The quantitative estimate of drug-likeness (QED) is 0.285. The van der Waals surface area contributed by atoms with E-state index in [1.165, 1.54) is 45.2 Å². The minimum Gasteiger partial charge on any atom is -0.385 e. The van der Waals surface area contributed by atoms with Gasteiger partial charge >= 0.3 is 0 Å². The van der Waals surface area contributed by atoms with Gasteiger partial charge in [0.05, 0.1) is 0 Å². The van der Waals surface area contributed by atoms with E-state index in [-0.39, 0.29) is 24.0 Å². The maximum Gasteiger partial charge on any atom is 0.191 e. The number of hydrogen-bond donors (Lipinski definition) is 2. The van der Waals surface area contributed by atoms with E-state index in [1.807, 2.05) is 0 Å². The van der Waals surface area contributed by atoms with Crippen molar-refractivity contribution in [3.63, 3.8) is 0 Å². The number of rotatable bonds is 7. The summed E-state index contributed by atoms with van der Waals surface area (Å²) in [6.07, 6.45) is 7.85. The maximum absolute atomic E-state index is 5.07. The SMILES string of the molecule is CCNC(=NCCCOC)NC1CCN(C2CCCC2)C1.I. The number of methoxy groups -OCH3 is 1. The fraction of sp³-hybridized carbons (Fsp3) is 0.938. The van der Waals surface area contributed by atoms with Crippen LogP contribution in [0.2, 0.25) is 0 Å². The molecule has 1 aliphatic heterocycles. The second-order valence-electron chi connectivity index (χ2n) is 6.17. The lowest BCUT2D eigenvalue weighted by atomic mass is 10.2. The number of guanidine groups is 1. The van der Waals surface area contributed by atoms with E-state index in [0.717, 1.165) is 38.1 Å². The zero-order chi connectivity index (χ0) is 14.9. The van der Waals surface area contributed by atoms with Crippen molar-refractivity contribution in [3.8, 4) is 0 Å². The summed E-state index contributed by atoms with van der Waals surface area (Å²) in [4.78, 5) is 7.31. The van der Waals surface area contributed by atoms with Crippen LogP contribution in [0.3, 0.4) is 0 Å². The maximum atomic E-state index is 5.07. The summed E-state index contributed by atoms with van der Waals surface area (Å²) >= 11 is 0. The first-order chi connectivity index (χ1) is 10.3. The van der Waals surface area contributed by atoms with Gasteiger partial charge in [0, 0.05) is 52.0 Å². The van der Waals surface area contributed by atoms with E-state index in [0.29, 0.717) is 6.04 Å². The molecule has 22 heavy (non-hydrogen) atoms. The average Bonchev–Trinajstić information content (AvgIpc) is 3.14. The van der Waals surface area contributed by atoms with Gasteiger partial charge in [-0.3, -0.25) is 9.89 Å². The molecular weight excluding hydrogens is 391 g/mol. The zero-order valence-corrected chi connectivity index (χ0v) is 16.5. The van der Waals surface area contributed by atoms with Crippen LogP contribution in [0.4, 0.5) is 0 Å². The largest absolute Gasteiger partial charge is 0.385 e. The Bertz CT molecular complexity index is 321. The fourth-order valence-corrected chi connectivity index (χ4v) is 3.42. The van der Waals surface area contributed by atoms with Gasteiger partial charge in [-0.15, -0.1) is 24.0 Å². The number of nitrogens with one attached hydrogen (secondary N) is 2. The second kappa shape index (κ2) is 11.5. The molecule has 1 saturated heterocycles. The van der Waals surface area contributed by atoms with Gasteiger partial charge < -0.3 is 15.4 Å². The smallest absolute Gasteiger partial charge is 0.191 e. The number of ether oxygens (including phenoxy) is 1. The molecule has 2 rings (SSSR count). The number of hydrogen-bond acceptors (Lipinski definition) is 3. The molecule has 0 bridgehead atoms. The molecule has 0 aromatic carbocycles. The molecule has 1 unspecified atom stereocenters. The second-order valence-corrected chi connectivity index (χ2v) is 6.17. The van der Waals surface area contributed by atoms with Gasteiger partial charge in [0.1, 0.15) is 0 Å². The molecule has 130 valence electrons. The topological polar surface area (TPSA) is 48.9 Å². The van der Waals surface area contributed by atoms with E-state index < -0.39 is 0 Å². The summed E-state index contributed by atoms with van der Waals surface area (Å²) in [7, 11) is 1.74. The summed E-state index contributed by atoms with van der Waals surface area (Å²) in [6, 6.07) is 1.39. The highest BCUT2D eigenvalue weighted by molar-refractivity contribution is 14.0. The molecule has 0 amide bonds. The van der Waals surface area contributed by atoms with Crippen LogP contribution < -0.4 is 10.6 Å². The molecule has 2 aliphatic rings. The van der Waals surface area contributed by atoms with Crippen LogP contribution >= 0.6 is 24.0 Å². The Hall–Kier alpha value is -0.0800. The Morgan fingerprint density at radius 2 is 2.05 bits per heavy atom. The minimum atomic E-state index is 0. The normalized spacial score (nSPS) is 23.5. The van der Waals surface area contributed by atoms with E-state index in [2.05, 4.69) is 27.4 Å². The standard InChI is InChI=1S/C16H32N4O.HI/c1-3-17-16(18-10-6-12-21-2)19-14-9-11-20(13-14)15-7-4-5-8-15;/h14-15H,3-13H2,1-2H3,(H2,17,18,19);1H. The summed E-state index contributed by atoms with van der Waals surface area (Å²) in [5, 5.41) is 6.95. The molecule has 6 heteroatoms. The van der Waals surface area contributed by atoms with Crippen molar-refractivity contribution < 1.29 is 4.74 Å². The molecule has 0 aromatic rings. The summed E-state index contributed by atoms with van der Waals surface area (Å²) < 4.78 is 5.07. The highest BCUT2D eigenvalue weighted by Crippen LogP contribution is 2.26. The Morgan fingerprint density at radius 3 is 2.73 bits per heavy atom. The lowest BCUT2D eigenvalue weighted by molar-refractivity contribution is 0.197. The monoisotopic (exact) mass is 424 g/mol. The molecule has 1 saturated carbocycles. The van der Waals surface area contributed by atoms with Gasteiger partial charge in [0.2, 0.25) is 0 Å². The molecule has 1 heterocycles. The molecule has 1 aliphatic carbocycles. The molecule has 0 radical (unpaired) electrons. The molecule has 5 nitrogen and oxygen atoms in total. The first-order valence-electron chi connectivity index (χ1n) is 8.61. The number of likely N-dealkylation sites (tertiary alicyclic amines) is 1. The van der Waals surface area contributed by atoms with Crippen molar-refractivity contribution in [2.24, 2.45) is 4.99 Å². The van der Waals surface area contributed by atoms with E-state index in [4.69, 9.17) is 4.74 Å². The Kier molecular flexibility index (Phi) is 10.4. The minimum absolute atomic E-state index is 0. The van der Waals surface area contributed by atoms with Gasteiger partial charge in [0.15, 0.2) is 5.96 Å². The first-order valence-corrected chi connectivity index (χ1v) is 8.61. The van der Waals surface area contributed by atoms with Gasteiger partial charge in [0.25, 0.3) is 0 Å². The molecule has 1 atom stereocenters. The summed E-state index contributed by atoms with van der Waals surface area (Å²) in [5.74, 6) is 0.965. The van der Waals surface area contributed by atoms with Gasteiger partial charge in [-0.05, 0) is 32.6 Å². The van der Waals surface area contributed by atoms with Crippen LogP contribution in [0.15, 0.2) is 4.99 Å². The first kappa shape index (κ1) is 20.0. The summed E-state index contributed by atoms with van der Waals surface area (Å²) in [6.45, 7) is 7.05. The lowest BCUT2D eigenvalue weighted by Crippen LogP contribution is -2.45. The Labute approximate surface area is 152 Å². The fourth-order valence-electron chi connectivity index (χ4n) is 3.42. The van der Waals surface area contributed by atoms with Crippen LogP contribution in [-0.2, 0) is 4.74 Å². The third-order valence-corrected chi connectivity index (χ3v) is 4.52. The van der Waals surface area contributed by atoms with Gasteiger partial charge in [-0.1, -0.05) is 12.8 Å². The van der Waals surface area contributed by atoms with E-state index >= 15 is 0 Å². The Morgan fingerprint density at radius 1 is 1.27 bits per heavy atom. The van der Waals surface area contributed by atoms with Crippen molar-refractivity contribution in [3.05, 3.63) is 0 Å². The zero-order valence-electron chi connectivity index (χ0n) is 14.1. The van der Waals surface area contributed by atoms with Crippen molar-refractivity contribution in [2.75, 3.05) is 39.9 Å². The average molecular weight is 424 g/mol. The van der Waals surface area contributed by atoms with Crippen LogP contribution in [0.1, 0.15) is 45.4 Å². The van der Waals surface area contributed by atoms with Crippen LogP contribution in [0.5, 0.6) is 0 Å².